The Morgan fingerprint density at radius 2 is 1.76 bits per heavy atom. The van der Waals surface area contributed by atoms with Crippen molar-refractivity contribution in [3.63, 3.8) is 0 Å². The van der Waals surface area contributed by atoms with Gasteiger partial charge in [0, 0.05) is 22.8 Å². The number of aromatic nitrogens is 1. The summed E-state index contributed by atoms with van der Waals surface area (Å²) in [7, 11) is 0. The van der Waals surface area contributed by atoms with Crippen LogP contribution >= 0.6 is 27.3 Å². The van der Waals surface area contributed by atoms with E-state index < -0.39 is 0 Å². The van der Waals surface area contributed by atoms with Gasteiger partial charge in [0.05, 0.1) is 10.2 Å². The first-order chi connectivity index (χ1) is 10.1. The van der Waals surface area contributed by atoms with Crippen LogP contribution in [-0.4, -0.2) is 4.98 Å². The van der Waals surface area contributed by atoms with E-state index in [1.54, 1.807) is 11.3 Å². The smallest absolute Gasteiger partial charge is 0.0809 e. The van der Waals surface area contributed by atoms with Gasteiger partial charge < -0.3 is 5.32 Å². The SMILES string of the molecule is CC(N[C@@H](C)c1ccc(Br)cc1)c1cnc2ccsc2c1. The molecule has 2 nitrogen and oxygen atoms in total. The van der Waals surface area contributed by atoms with Gasteiger partial charge in [0.1, 0.15) is 0 Å². The quantitative estimate of drug-likeness (QED) is 0.666. The molecule has 0 bridgehead atoms. The monoisotopic (exact) mass is 360 g/mol. The molecule has 1 N–H and O–H groups in total. The maximum Gasteiger partial charge on any atom is 0.0809 e. The van der Waals surface area contributed by atoms with Gasteiger partial charge in [-0.3, -0.25) is 4.98 Å². The molecule has 108 valence electrons. The van der Waals surface area contributed by atoms with Gasteiger partial charge in [-0.2, -0.15) is 0 Å². The second-order valence-corrected chi connectivity index (χ2v) is 7.10. The molecule has 0 aliphatic carbocycles. The fourth-order valence-electron chi connectivity index (χ4n) is 2.42. The van der Waals surface area contributed by atoms with Gasteiger partial charge in [-0.1, -0.05) is 28.1 Å². The van der Waals surface area contributed by atoms with E-state index in [0.29, 0.717) is 6.04 Å². The lowest BCUT2D eigenvalue weighted by Gasteiger charge is -2.20. The first-order valence-corrected chi connectivity index (χ1v) is 8.65. The van der Waals surface area contributed by atoms with Crippen LogP contribution in [0.4, 0.5) is 0 Å². The van der Waals surface area contributed by atoms with Crippen molar-refractivity contribution in [3.05, 3.63) is 63.6 Å². The van der Waals surface area contributed by atoms with Crippen LogP contribution in [-0.2, 0) is 0 Å². The number of hydrogen-bond acceptors (Lipinski definition) is 3. The molecule has 21 heavy (non-hydrogen) atoms. The minimum Gasteiger partial charge on any atom is -0.304 e. The third-order valence-electron chi connectivity index (χ3n) is 3.69. The minimum absolute atomic E-state index is 0.266. The standard InChI is InChI=1S/C17H17BrN2S/c1-11(13-3-5-15(18)6-4-13)20-12(2)14-9-17-16(19-10-14)7-8-21-17/h3-12,20H,1-2H3/t11-,12?/m0/s1. The van der Waals surface area contributed by atoms with E-state index in [4.69, 9.17) is 0 Å². The van der Waals surface area contributed by atoms with E-state index in [1.165, 1.54) is 15.8 Å². The number of fused-ring (bicyclic) bond motifs is 1. The highest BCUT2D eigenvalue weighted by Crippen LogP contribution is 2.25. The first kappa shape index (κ1) is 14.7. The van der Waals surface area contributed by atoms with Gasteiger partial charge in [0.25, 0.3) is 0 Å². The number of thiophene rings is 1. The van der Waals surface area contributed by atoms with Gasteiger partial charge in [-0.15, -0.1) is 11.3 Å². The van der Waals surface area contributed by atoms with E-state index >= 15 is 0 Å². The minimum atomic E-state index is 0.266. The number of pyridine rings is 1. The summed E-state index contributed by atoms with van der Waals surface area (Å²) < 4.78 is 2.36. The second kappa shape index (κ2) is 6.26. The molecule has 0 radical (unpaired) electrons. The van der Waals surface area contributed by atoms with Crippen LogP contribution in [0.25, 0.3) is 10.2 Å². The lowest BCUT2D eigenvalue weighted by atomic mass is 10.1. The Morgan fingerprint density at radius 1 is 1.05 bits per heavy atom. The van der Waals surface area contributed by atoms with Crippen molar-refractivity contribution < 1.29 is 0 Å². The van der Waals surface area contributed by atoms with Crippen molar-refractivity contribution in [2.45, 2.75) is 25.9 Å². The van der Waals surface area contributed by atoms with Crippen LogP contribution in [0.5, 0.6) is 0 Å². The molecule has 2 atom stereocenters. The van der Waals surface area contributed by atoms with E-state index in [2.05, 4.69) is 81.9 Å². The molecule has 4 heteroatoms. The summed E-state index contributed by atoms with van der Waals surface area (Å²) >= 11 is 5.21. The third-order valence-corrected chi connectivity index (χ3v) is 5.08. The number of benzene rings is 1. The third kappa shape index (κ3) is 3.34. The Hall–Kier alpha value is -1.23. The number of rotatable bonds is 4. The highest BCUT2D eigenvalue weighted by Gasteiger charge is 2.12. The summed E-state index contributed by atoms with van der Waals surface area (Å²) in [6.45, 7) is 4.38. The lowest BCUT2D eigenvalue weighted by molar-refractivity contribution is 0.494. The van der Waals surface area contributed by atoms with Crippen molar-refractivity contribution in [2.75, 3.05) is 0 Å². The number of hydrogen-bond donors (Lipinski definition) is 1. The normalized spacial score (nSPS) is 14.2. The topological polar surface area (TPSA) is 24.9 Å². The Bertz CT molecular complexity index is 736. The van der Waals surface area contributed by atoms with Crippen LogP contribution in [0.3, 0.4) is 0 Å². The van der Waals surface area contributed by atoms with Crippen LogP contribution in [0, 0.1) is 0 Å². The van der Waals surface area contributed by atoms with E-state index in [0.717, 1.165) is 9.99 Å². The summed E-state index contributed by atoms with van der Waals surface area (Å²) in [6, 6.07) is 13.3. The van der Waals surface area contributed by atoms with Crippen molar-refractivity contribution in [3.8, 4) is 0 Å². The molecule has 3 rings (SSSR count). The number of halogens is 1. The Morgan fingerprint density at radius 3 is 2.52 bits per heavy atom. The maximum absolute atomic E-state index is 4.52. The summed E-state index contributed by atoms with van der Waals surface area (Å²) in [6.07, 6.45) is 1.97. The Balaban J connectivity index is 1.75. The molecule has 2 aromatic heterocycles. The van der Waals surface area contributed by atoms with Gasteiger partial charge >= 0.3 is 0 Å². The zero-order valence-electron chi connectivity index (χ0n) is 12.0. The van der Waals surface area contributed by atoms with Crippen molar-refractivity contribution in [1.82, 2.24) is 10.3 Å². The zero-order chi connectivity index (χ0) is 14.8. The van der Waals surface area contributed by atoms with E-state index in [-0.39, 0.29) is 6.04 Å². The Kier molecular flexibility index (Phi) is 4.38. The van der Waals surface area contributed by atoms with E-state index in [1.807, 2.05) is 6.20 Å². The van der Waals surface area contributed by atoms with Crippen molar-refractivity contribution >= 4 is 37.5 Å². The molecule has 2 heterocycles. The molecule has 0 spiro atoms. The van der Waals surface area contributed by atoms with Gasteiger partial charge in [-0.25, -0.2) is 0 Å². The van der Waals surface area contributed by atoms with Crippen LogP contribution < -0.4 is 5.32 Å². The molecular weight excluding hydrogens is 344 g/mol. The molecule has 1 unspecified atom stereocenters. The summed E-state index contributed by atoms with van der Waals surface area (Å²) in [4.78, 5) is 4.52. The number of nitrogens with one attached hydrogen (secondary N) is 1. The molecule has 0 fully saturated rings. The molecule has 1 aromatic carbocycles. The highest BCUT2D eigenvalue weighted by atomic mass is 79.9. The van der Waals surface area contributed by atoms with Crippen LogP contribution in [0.15, 0.2) is 52.4 Å². The molecular formula is C17H17BrN2S. The average Bonchev–Trinajstić information content (AvgIpc) is 2.95. The molecule has 0 amide bonds. The fraction of sp³-hybridized carbons (Fsp3) is 0.235. The predicted molar refractivity (Wildman–Crippen MR) is 93.7 cm³/mol. The highest BCUT2D eigenvalue weighted by molar-refractivity contribution is 9.10. The first-order valence-electron chi connectivity index (χ1n) is 6.98. The summed E-state index contributed by atoms with van der Waals surface area (Å²) in [5.41, 5.74) is 3.60. The van der Waals surface area contributed by atoms with E-state index in [9.17, 15) is 0 Å². The van der Waals surface area contributed by atoms with Gasteiger partial charge in [0.15, 0.2) is 0 Å². The van der Waals surface area contributed by atoms with Gasteiger partial charge in [0.2, 0.25) is 0 Å². The number of nitrogens with zero attached hydrogens (tertiary/aromatic N) is 1. The fourth-order valence-corrected chi connectivity index (χ4v) is 3.47. The average molecular weight is 361 g/mol. The van der Waals surface area contributed by atoms with Crippen LogP contribution in [0.2, 0.25) is 0 Å². The van der Waals surface area contributed by atoms with Crippen LogP contribution in [0.1, 0.15) is 37.1 Å². The van der Waals surface area contributed by atoms with Crippen molar-refractivity contribution in [1.29, 1.82) is 0 Å². The molecule has 0 saturated heterocycles. The lowest BCUT2D eigenvalue weighted by Crippen LogP contribution is -2.22. The summed E-state index contributed by atoms with van der Waals surface area (Å²) in [5.74, 6) is 0. The zero-order valence-corrected chi connectivity index (χ0v) is 14.4. The maximum atomic E-state index is 4.52. The molecule has 0 aliphatic rings. The van der Waals surface area contributed by atoms with Crippen molar-refractivity contribution in [2.24, 2.45) is 0 Å². The molecule has 0 aliphatic heterocycles. The predicted octanol–water partition coefficient (Wildman–Crippen LogP) is 5.47. The Labute approximate surface area is 137 Å². The molecule has 0 saturated carbocycles. The second-order valence-electron chi connectivity index (χ2n) is 5.23. The summed E-state index contributed by atoms with van der Waals surface area (Å²) in [5, 5.41) is 5.73. The largest absolute Gasteiger partial charge is 0.304 e. The van der Waals surface area contributed by atoms with Gasteiger partial charge in [-0.05, 0) is 54.6 Å². The molecule has 3 aromatic rings.